The molecule has 0 aromatic carbocycles. The standard InChI is InChI=1S/C16H22O10/c1-7(17)23-12-6-11(16(21)22-5)13(24-8(2)18)15(26-10(4)20)14(12)25-9(3)19/h11-15H,6H2,1-5H3/t11-,12+,13+,14-,15-/m1/s1. The second kappa shape index (κ2) is 9.16. The first-order valence-electron chi connectivity index (χ1n) is 7.83. The van der Waals surface area contributed by atoms with E-state index in [9.17, 15) is 24.0 Å². The van der Waals surface area contributed by atoms with Gasteiger partial charge in [0.25, 0.3) is 0 Å². The molecule has 10 heteroatoms. The molecule has 0 N–H and O–H groups in total. The van der Waals surface area contributed by atoms with Crippen LogP contribution in [0.1, 0.15) is 34.1 Å². The molecule has 0 heterocycles. The lowest BCUT2D eigenvalue weighted by atomic mass is 9.80. The number of hydrogen-bond acceptors (Lipinski definition) is 10. The van der Waals surface area contributed by atoms with E-state index in [-0.39, 0.29) is 6.42 Å². The van der Waals surface area contributed by atoms with Crippen LogP contribution in [-0.2, 0) is 47.7 Å². The number of carbonyl (C=O) groups excluding carboxylic acids is 5. The highest BCUT2D eigenvalue weighted by Crippen LogP contribution is 2.34. The molecule has 0 aromatic rings. The maximum atomic E-state index is 12.1. The number of hydrogen-bond donors (Lipinski definition) is 0. The predicted octanol–water partition coefficient (Wildman–Crippen LogP) is -0.0939. The van der Waals surface area contributed by atoms with Gasteiger partial charge in [-0.15, -0.1) is 0 Å². The van der Waals surface area contributed by atoms with E-state index in [0.29, 0.717) is 0 Å². The summed E-state index contributed by atoms with van der Waals surface area (Å²) in [5, 5.41) is 0. The molecular weight excluding hydrogens is 352 g/mol. The Kier molecular flexibility index (Phi) is 7.54. The first kappa shape index (κ1) is 21.4. The molecule has 1 aliphatic carbocycles. The summed E-state index contributed by atoms with van der Waals surface area (Å²) in [4.78, 5) is 58.0. The van der Waals surface area contributed by atoms with Crippen molar-refractivity contribution in [1.29, 1.82) is 0 Å². The van der Waals surface area contributed by atoms with Crippen LogP contribution in [0.3, 0.4) is 0 Å². The third kappa shape index (κ3) is 5.71. The molecule has 0 spiro atoms. The molecule has 1 fully saturated rings. The Morgan fingerprint density at radius 3 is 1.50 bits per heavy atom. The predicted molar refractivity (Wildman–Crippen MR) is 82.3 cm³/mol. The average molecular weight is 374 g/mol. The number of rotatable bonds is 5. The van der Waals surface area contributed by atoms with E-state index in [2.05, 4.69) is 0 Å². The Morgan fingerprint density at radius 2 is 1.08 bits per heavy atom. The van der Waals surface area contributed by atoms with Crippen molar-refractivity contribution in [2.24, 2.45) is 5.92 Å². The Balaban J connectivity index is 3.37. The van der Waals surface area contributed by atoms with E-state index in [1.165, 1.54) is 0 Å². The summed E-state index contributed by atoms with van der Waals surface area (Å²) >= 11 is 0. The van der Waals surface area contributed by atoms with E-state index < -0.39 is 60.2 Å². The molecule has 1 aliphatic rings. The van der Waals surface area contributed by atoms with Gasteiger partial charge in [0.2, 0.25) is 0 Å². The molecule has 0 bridgehead atoms. The summed E-state index contributed by atoms with van der Waals surface area (Å²) in [6.45, 7) is 4.45. The average Bonchev–Trinajstić information content (AvgIpc) is 2.50. The van der Waals surface area contributed by atoms with E-state index in [0.717, 1.165) is 34.8 Å². The van der Waals surface area contributed by atoms with Gasteiger partial charge < -0.3 is 23.7 Å². The first-order valence-corrected chi connectivity index (χ1v) is 7.83. The highest BCUT2D eigenvalue weighted by molar-refractivity contribution is 5.75. The Morgan fingerprint density at radius 1 is 0.654 bits per heavy atom. The topological polar surface area (TPSA) is 132 Å². The molecule has 0 aromatic heterocycles. The van der Waals surface area contributed by atoms with Gasteiger partial charge in [-0.05, 0) is 0 Å². The monoisotopic (exact) mass is 374 g/mol. The summed E-state index contributed by atoms with van der Waals surface area (Å²) in [6, 6.07) is 0. The highest BCUT2D eigenvalue weighted by atomic mass is 16.6. The van der Waals surface area contributed by atoms with Crippen molar-refractivity contribution in [2.45, 2.75) is 58.5 Å². The van der Waals surface area contributed by atoms with Crippen molar-refractivity contribution in [3.05, 3.63) is 0 Å². The van der Waals surface area contributed by atoms with Crippen molar-refractivity contribution < 1.29 is 47.7 Å². The van der Waals surface area contributed by atoms with Crippen molar-refractivity contribution in [3.63, 3.8) is 0 Å². The SMILES string of the molecule is COC(=O)[C@@H]1C[C@H](OC(C)=O)[C@@H](OC(C)=O)[C@H](OC(C)=O)[C@H]1OC(C)=O. The van der Waals surface area contributed by atoms with Gasteiger partial charge in [-0.1, -0.05) is 0 Å². The molecule has 0 amide bonds. The minimum atomic E-state index is -1.36. The lowest BCUT2D eigenvalue weighted by Crippen LogP contribution is -2.60. The molecular formula is C16H22O10. The second-order valence-electron chi connectivity index (χ2n) is 5.74. The van der Waals surface area contributed by atoms with Gasteiger partial charge in [0, 0.05) is 34.1 Å². The quantitative estimate of drug-likeness (QED) is 0.475. The van der Waals surface area contributed by atoms with E-state index in [1.807, 2.05) is 0 Å². The van der Waals surface area contributed by atoms with Gasteiger partial charge in [0.15, 0.2) is 18.3 Å². The summed E-state index contributed by atoms with van der Waals surface area (Å²) < 4.78 is 25.3. The van der Waals surface area contributed by atoms with Crippen molar-refractivity contribution in [3.8, 4) is 0 Å². The van der Waals surface area contributed by atoms with Crippen LogP contribution in [0.15, 0.2) is 0 Å². The zero-order chi connectivity index (χ0) is 20.0. The Hall–Kier alpha value is -2.65. The van der Waals surface area contributed by atoms with Crippen LogP contribution >= 0.6 is 0 Å². The fourth-order valence-electron chi connectivity index (χ4n) is 2.86. The minimum Gasteiger partial charge on any atom is -0.469 e. The fourth-order valence-corrected chi connectivity index (χ4v) is 2.86. The first-order chi connectivity index (χ1) is 12.1. The normalized spacial score (nSPS) is 27.7. The summed E-state index contributed by atoms with van der Waals surface area (Å²) in [7, 11) is 1.13. The molecule has 0 radical (unpaired) electrons. The Labute approximate surface area is 150 Å². The molecule has 0 aliphatic heterocycles. The third-order valence-corrected chi connectivity index (χ3v) is 3.62. The lowest BCUT2D eigenvalue weighted by Gasteiger charge is -2.43. The summed E-state index contributed by atoms with van der Waals surface area (Å²) in [5.74, 6) is -4.79. The fraction of sp³-hybridized carbons (Fsp3) is 0.688. The van der Waals surface area contributed by atoms with Crippen molar-refractivity contribution in [1.82, 2.24) is 0 Å². The summed E-state index contributed by atoms with van der Waals surface area (Å²) in [6.07, 6.45) is -5.15. The molecule has 10 nitrogen and oxygen atoms in total. The van der Waals surface area contributed by atoms with E-state index in [1.54, 1.807) is 0 Å². The zero-order valence-electron chi connectivity index (χ0n) is 15.2. The van der Waals surface area contributed by atoms with Gasteiger partial charge in [-0.3, -0.25) is 24.0 Å². The van der Waals surface area contributed by atoms with Crippen LogP contribution in [0.4, 0.5) is 0 Å². The smallest absolute Gasteiger partial charge is 0.312 e. The largest absolute Gasteiger partial charge is 0.469 e. The highest BCUT2D eigenvalue weighted by Gasteiger charge is 2.54. The number of carbonyl (C=O) groups is 5. The number of methoxy groups -OCH3 is 1. The number of esters is 5. The van der Waals surface area contributed by atoms with Gasteiger partial charge >= 0.3 is 29.8 Å². The lowest BCUT2D eigenvalue weighted by molar-refractivity contribution is -0.221. The zero-order valence-corrected chi connectivity index (χ0v) is 15.2. The molecule has 1 saturated carbocycles. The van der Waals surface area contributed by atoms with Gasteiger partial charge in [0.05, 0.1) is 7.11 Å². The van der Waals surface area contributed by atoms with Crippen LogP contribution in [0, 0.1) is 5.92 Å². The molecule has 146 valence electrons. The number of ether oxygens (including phenoxy) is 5. The summed E-state index contributed by atoms with van der Waals surface area (Å²) in [5.41, 5.74) is 0. The van der Waals surface area contributed by atoms with Crippen LogP contribution in [0.2, 0.25) is 0 Å². The van der Waals surface area contributed by atoms with Gasteiger partial charge in [-0.2, -0.15) is 0 Å². The maximum Gasteiger partial charge on any atom is 0.312 e. The molecule has 0 unspecified atom stereocenters. The maximum absolute atomic E-state index is 12.1. The minimum absolute atomic E-state index is 0.153. The molecule has 1 rings (SSSR count). The molecule has 26 heavy (non-hydrogen) atoms. The van der Waals surface area contributed by atoms with E-state index >= 15 is 0 Å². The van der Waals surface area contributed by atoms with Crippen molar-refractivity contribution in [2.75, 3.05) is 7.11 Å². The Bertz CT molecular complexity index is 584. The second-order valence-corrected chi connectivity index (χ2v) is 5.74. The van der Waals surface area contributed by atoms with Crippen LogP contribution < -0.4 is 0 Å². The van der Waals surface area contributed by atoms with Crippen LogP contribution in [0.25, 0.3) is 0 Å². The van der Waals surface area contributed by atoms with Crippen LogP contribution in [0.5, 0.6) is 0 Å². The third-order valence-electron chi connectivity index (χ3n) is 3.62. The van der Waals surface area contributed by atoms with Crippen LogP contribution in [-0.4, -0.2) is 61.4 Å². The van der Waals surface area contributed by atoms with E-state index in [4.69, 9.17) is 23.7 Å². The van der Waals surface area contributed by atoms with Crippen molar-refractivity contribution >= 4 is 29.8 Å². The van der Waals surface area contributed by atoms with Gasteiger partial charge in [0.1, 0.15) is 12.0 Å². The molecule has 0 saturated heterocycles. The molecule has 5 atom stereocenters. The van der Waals surface area contributed by atoms with Gasteiger partial charge in [-0.25, -0.2) is 0 Å².